The first kappa shape index (κ1) is 37.6. The van der Waals surface area contributed by atoms with Crippen LogP contribution in [-0.2, 0) is 0 Å². The maximum Gasteiger partial charge on any atom is 0.00228 e. The van der Waals surface area contributed by atoms with Crippen molar-refractivity contribution < 1.29 is 151 Å². The summed E-state index contributed by atoms with van der Waals surface area (Å²) in [4.78, 5) is 0. The summed E-state index contributed by atoms with van der Waals surface area (Å²) in [6, 6.07) is 0. The van der Waals surface area contributed by atoms with Crippen molar-refractivity contribution in [1.29, 1.82) is 0 Å². The van der Waals surface area contributed by atoms with Crippen molar-refractivity contribution in [2.75, 3.05) is 0 Å². The van der Waals surface area contributed by atoms with Crippen LogP contribution in [0, 0.1) is 151 Å². The van der Waals surface area contributed by atoms with Gasteiger partial charge in [-0.25, -0.2) is 0 Å². The average Bonchev–Trinajstić information content (AvgIpc) is 2.45. The third kappa shape index (κ3) is 14.9. The zero-order valence-corrected chi connectivity index (χ0v) is 18.8. The summed E-state index contributed by atoms with van der Waals surface area (Å²) in [6.07, 6.45) is 14.7. The Bertz CT molecular complexity index is 361. The van der Waals surface area contributed by atoms with Crippen LogP contribution in [0.1, 0.15) is 47.0 Å². The number of rotatable bonds is 1. The van der Waals surface area contributed by atoms with Crippen molar-refractivity contribution in [3.8, 4) is 0 Å². The molecule has 22 heavy (non-hydrogen) atoms. The minimum absolute atomic E-state index is 0. The van der Waals surface area contributed by atoms with Gasteiger partial charge in [-0.05, 0) is 35.7 Å². The van der Waals surface area contributed by atoms with Crippen molar-refractivity contribution in [3.05, 3.63) is 46.8 Å². The first-order valence-electron chi connectivity index (χ1n) is 7.07. The van der Waals surface area contributed by atoms with Gasteiger partial charge in [0.2, 0.25) is 0 Å². The van der Waals surface area contributed by atoms with Crippen molar-refractivity contribution in [3.63, 3.8) is 0 Å². The Hall–Kier alpha value is 4.86. The van der Waals surface area contributed by atoms with Crippen LogP contribution in [-0.4, -0.2) is 5.66 Å². The molecule has 134 valence electrons. The molecule has 2 aliphatic rings. The molecular formula is C16H28Ar4P2. The standard InChI is InChI=1S/C12H16P2.2C2H6.4Ar/c13-11-7-3-1-5-9(11)10-6-2-4-8-12(10)14;2*1-2;;;;/h1,3-5,8,11H,2,6-7,13-14H2;2*1-2H3;;;;/t11-;;;;;;/m0....../s1. The van der Waals surface area contributed by atoms with E-state index in [0.29, 0.717) is 5.66 Å². The van der Waals surface area contributed by atoms with Gasteiger partial charge in [0.1, 0.15) is 0 Å². The van der Waals surface area contributed by atoms with Gasteiger partial charge in [-0.15, -0.1) is 18.5 Å². The van der Waals surface area contributed by atoms with Gasteiger partial charge in [-0.3, -0.25) is 0 Å². The van der Waals surface area contributed by atoms with Crippen molar-refractivity contribution in [2.45, 2.75) is 52.6 Å². The van der Waals surface area contributed by atoms with E-state index in [-0.39, 0.29) is 151 Å². The molecule has 0 spiro atoms. The molecule has 0 bridgehead atoms. The van der Waals surface area contributed by atoms with Gasteiger partial charge < -0.3 is 0 Å². The fourth-order valence-electron chi connectivity index (χ4n) is 1.97. The van der Waals surface area contributed by atoms with E-state index in [1.165, 1.54) is 29.3 Å². The molecule has 0 aromatic carbocycles. The van der Waals surface area contributed by atoms with E-state index in [1.54, 1.807) is 0 Å². The Morgan fingerprint density at radius 3 is 1.95 bits per heavy atom. The fourth-order valence-corrected chi connectivity index (χ4v) is 2.88. The second-order valence-corrected chi connectivity index (χ2v) is 5.19. The first-order valence-corrected chi connectivity index (χ1v) is 8.31. The van der Waals surface area contributed by atoms with Crippen molar-refractivity contribution >= 4 is 18.5 Å². The van der Waals surface area contributed by atoms with Gasteiger partial charge >= 0.3 is 0 Å². The Labute approximate surface area is 263 Å². The summed E-state index contributed by atoms with van der Waals surface area (Å²) < 4.78 is 0. The van der Waals surface area contributed by atoms with E-state index in [0.717, 1.165) is 6.42 Å². The normalized spacial score (nSPS) is 17.5. The zero-order chi connectivity index (χ0) is 14.0. The summed E-state index contributed by atoms with van der Waals surface area (Å²) in [7, 11) is 5.80. The SMILES string of the molecule is CC.CC.PC1=C(C2=CC=CC[C@@H]2P)CCC=C1.[Ar].[Ar].[Ar].[Ar]. The van der Waals surface area contributed by atoms with Crippen molar-refractivity contribution in [2.24, 2.45) is 0 Å². The van der Waals surface area contributed by atoms with E-state index in [1.807, 2.05) is 27.7 Å². The van der Waals surface area contributed by atoms with Crippen LogP contribution in [0.25, 0.3) is 0 Å². The van der Waals surface area contributed by atoms with Gasteiger partial charge in [-0.1, -0.05) is 58.1 Å². The third-order valence-corrected chi connectivity index (χ3v) is 3.93. The Morgan fingerprint density at radius 2 is 1.50 bits per heavy atom. The fraction of sp³-hybridized carbons (Fsp3) is 0.500. The van der Waals surface area contributed by atoms with Crippen molar-refractivity contribution in [1.82, 2.24) is 0 Å². The smallest absolute Gasteiger partial charge is 0.00228 e. The molecule has 2 unspecified atom stereocenters. The van der Waals surface area contributed by atoms with Crippen LogP contribution in [0.4, 0.5) is 0 Å². The van der Waals surface area contributed by atoms with E-state index in [9.17, 15) is 0 Å². The van der Waals surface area contributed by atoms with Crippen LogP contribution >= 0.6 is 18.5 Å². The molecular weight excluding hydrogens is 414 g/mol. The molecule has 0 aromatic heterocycles. The summed E-state index contributed by atoms with van der Waals surface area (Å²) in [5.41, 5.74) is 3.64. The largest absolute Gasteiger partial charge is 0.129 e. The molecule has 3 atom stereocenters. The summed E-state index contributed by atoms with van der Waals surface area (Å²) >= 11 is 0. The second kappa shape index (κ2) is 25.9. The maximum atomic E-state index is 2.95. The van der Waals surface area contributed by atoms with E-state index in [4.69, 9.17) is 0 Å². The minimum Gasteiger partial charge on any atom is -0.129 e. The molecule has 0 N–H and O–H groups in total. The summed E-state index contributed by atoms with van der Waals surface area (Å²) in [5, 5.41) is 1.37. The molecule has 0 nitrogen and oxygen atoms in total. The van der Waals surface area contributed by atoms with Crippen LogP contribution in [0.5, 0.6) is 0 Å². The molecule has 0 heterocycles. The zero-order valence-electron chi connectivity index (χ0n) is 13.7. The molecule has 2 rings (SSSR count). The Morgan fingerprint density at radius 1 is 0.955 bits per heavy atom. The Kier molecular flexibility index (Phi) is 44.2. The average molecular weight is 442 g/mol. The molecule has 2 aliphatic carbocycles. The van der Waals surface area contributed by atoms with Crippen LogP contribution < -0.4 is 0 Å². The van der Waals surface area contributed by atoms with Gasteiger partial charge in [-0.2, -0.15) is 0 Å². The minimum atomic E-state index is 0. The van der Waals surface area contributed by atoms with E-state index >= 15 is 0 Å². The third-order valence-electron chi connectivity index (χ3n) is 2.76. The molecule has 0 saturated carbocycles. The van der Waals surface area contributed by atoms with Gasteiger partial charge in [0.05, 0.1) is 0 Å². The topological polar surface area (TPSA) is 0 Å². The van der Waals surface area contributed by atoms with Crippen LogP contribution in [0.15, 0.2) is 46.8 Å². The predicted molar refractivity (Wildman–Crippen MR) is 93.1 cm³/mol. The van der Waals surface area contributed by atoms with Crippen LogP contribution in [0.2, 0.25) is 0 Å². The first-order chi connectivity index (χ1) is 8.79. The number of hydrogen-bond donors (Lipinski definition) is 0. The molecule has 6 heteroatoms. The molecule has 0 fully saturated rings. The summed E-state index contributed by atoms with van der Waals surface area (Å²) in [5.74, 6) is 0. The predicted octanol–water partition coefficient (Wildman–Crippen LogP) is 5.65. The van der Waals surface area contributed by atoms with E-state index in [2.05, 4.69) is 48.9 Å². The van der Waals surface area contributed by atoms with Gasteiger partial charge in [0.25, 0.3) is 0 Å². The molecule has 0 aromatic rings. The molecule has 0 radical (unpaired) electrons. The molecule has 0 aliphatic heterocycles. The molecule has 0 saturated heterocycles. The number of hydrogen-bond acceptors (Lipinski definition) is 0. The Balaban J connectivity index is -0.000000112. The van der Waals surface area contributed by atoms with Crippen LogP contribution in [0.3, 0.4) is 0 Å². The second-order valence-electron chi connectivity index (χ2n) is 3.77. The van der Waals surface area contributed by atoms with Gasteiger partial charge in [0, 0.05) is 157 Å². The van der Waals surface area contributed by atoms with E-state index < -0.39 is 0 Å². The summed E-state index contributed by atoms with van der Waals surface area (Å²) in [6.45, 7) is 8.00. The quantitative estimate of drug-likeness (QED) is 0.461. The number of allylic oxidation sites excluding steroid dienone is 8. The monoisotopic (exact) mass is 442 g/mol. The maximum absolute atomic E-state index is 2.95. The molecule has 0 amide bonds. The van der Waals surface area contributed by atoms with Gasteiger partial charge in [0.15, 0.2) is 0 Å².